The molecule has 0 aromatic heterocycles. The van der Waals surface area contributed by atoms with Crippen LogP contribution in [0.1, 0.15) is 45.8 Å². The fourth-order valence-corrected chi connectivity index (χ4v) is 5.22. The number of hydrogen-bond acceptors (Lipinski definition) is 6. The summed E-state index contributed by atoms with van der Waals surface area (Å²) < 4.78 is 23.2. The minimum absolute atomic E-state index is 0.0803. The van der Waals surface area contributed by atoms with Crippen LogP contribution in [0.25, 0.3) is 0 Å². The zero-order valence-corrected chi connectivity index (χ0v) is 16.5. The molecule has 8 heteroatoms. The van der Waals surface area contributed by atoms with Gasteiger partial charge in [-0.05, 0) is 40.2 Å². The second kappa shape index (κ2) is 11.3. The summed E-state index contributed by atoms with van der Waals surface area (Å²) in [4.78, 5) is 10.7. The highest BCUT2D eigenvalue weighted by Crippen LogP contribution is 2.27. The monoisotopic (exact) mass is 371 g/mol. The largest absolute Gasteiger partial charge is 0.501 e. The summed E-state index contributed by atoms with van der Waals surface area (Å²) in [6.07, 6.45) is 0.348. The maximum atomic E-state index is 11.1. The predicted molar refractivity (Wildman–Crippen MR) is 97.5 cm³/mol. The van der Waals surface area contributed by atoms with Gasteiger partial charge in [-0.3, -0.25) is 10.1 Å². The lowest BCUT2D eigenvalue weighted by Crippen LogP contribution is -2.46. The summed E-state index contributed by atoms with van der Waals surface area (Å²) in [6, 6.07) is 7.31. The minimum Gasteiger partial charge on any atom is -0.374 e. The van der Waals surface area contributed by atoms with Gasteiger partial charge in [-0.1, -0.05) is 12.1 Å². The van der Waals surface area contributed by atoms with E-state index in [0.29, 0.717) is 44.5 Å². The molecule has 0 N–H and O–H groups in total. The Labute approximate surface area is 150 Å². The Hall–Kier alpha value is -1.32. The molecule has 0 spiro atoms. The number of nitro groups is 1. The Morgan fingerprint density at radius 1 is 1.08 bits per heavy atom. The Morgan fingerprint density at radius 3 is 2.16 bits per heavy atom. The van der Waals surface area contributed by atoms with Gasteiger partial charge in [0, 0.05) is 38.5 Å². The van der Waals surface area contributed by atoms with Gasteiger partial charge in [0.25, 0.3) is 5.69 Å². The van der Waals surface area contributed by atoms with Crippen molar-refractivity contribution in [3.8, 4) is 0 Å². The highest BCUT2D eigenvalue weighted by atomic mass is 28.4. The molecule has 0 saturated carbocycles. The van der Waals surface area contributed by atoms with E-state index in [1.165, 1.54) is 6.07 Å². The van der Waals surface area contributed by atoms with E-state index in [2.05, 4.69) is 0 Å². The van der Waals surface area contributed by atoms with E-state index in [4.69, 9.17) is 18.0 Å². The topological polar surface area (TPSA) is 80.1 Å². The van der Waals surface area contributed by atoms with E-state index in [9.17, 15) is 10.1 Å². The Bertz CT molecular complexity index is 511. The van der Waals surface area contributed by atoms with Crippen LogP contribution in [-0.2, 0) is 18.0 Å². The molecule has 1 rings (SSSR count). The van der Waals surface area contributed by atoms with Gasteiger partial charge in [0.05, 0.1) is 16.6 Å². The lowest BCUT2D eigenvalue weighted by molar-refractivity contribution is -0.386. The molecule has 25 heavy (non-hydrogen) atoms. The third kappa shape index (κ3) is 6.83. The van der Waals surface area contributed by atoms with Crippen LogP contribution < -0.4 is 0 Å². The molecule has 0 bridgehead atoms. The van der Waals surface area contributed by atoms with E-state index < -0.39 is 8.80 Å². The van der Waals surface area contributed by atoms with Crippen molar-refractivity contribution in [2.45, 2.75) is 46.3 Å². The van der Waals surface area contributed by atoms with Gasteiger partial charge in [-0.15, -0.1) is 0 Å². The maximum absolute atomic E-state index is 11.1. The van der Waals surface area contributed by atoms with E-state index in [1.54, 1.807) is 18.2 Å². The van der Waals surface area contributed by atoms with Gasteiger partial charge in [-0.2, -0.15) is 0 Å². The zero-order chi connectivity index (χ0) is 18.7. The quantitative estimate of drug-likeness (QED) is 0.225. The first-order valence-corrected chi connectivity index (χ1v) is 10.7. The molecule has 0 aliphatic heterocycles. The minimum atomic E-state index is -2.66. The number of para-hydroxylation sites is 1. The molecule has 0 radical (unpaired) electrons. The van der Waals surface area contributed by atoms with Crippen LogP contribution in [-0.4, -0.2) is 40.2 Å². The van der Waals surface area contributed by atoms with Gasteiger partial charge >= 0.3 is 8.80 Å². The summed E-state index contributed by atoms with van der Waals surface area (Å²) in [7, 11) is -2.66. The van der Waals surface area contributed by atoms with Crippen molar-refractivity contribution < 1.29 is 22.9 Å². The normalized spacial score (nSPS) is 13.0. The van der Waals surface area contributed by atoms with Crippen LogP contribution in [0.2, 0.25) is 6.04 Å². The molecule has 0 saturated heterocycles. The van der Waals surface area contributed by atoms with Gasteiger partial charge in [0.1, 0.15) is 0 Å². The smallest absolute Gasteiger partial charge is 0.374 e. The number of benzene rings is 1. The number of nitro benzene ring substituents is 1. The first kappa shape index (κ1) is 21.7. The van der Waals surface area contributed by atoms with Crippen molar-refractivity contribution in [2.75, 3.05) is 26.4 Å². The summed E-state index contributed by atoms with van der Waals surface area (Å²) in [5.41, 5.74) is 0.659. The first-order valence-electron chi connectivity index (χ1n) is 8.76. The lowest BCUT2D eigenvalue weighted by Gasteiger charge is -2.28. The molecule has 1 atom stereocenters. The molecule has 0 heterocycles. The standard InChI is InChI=1S/C17H29NO6Si/c1-5-22-25(23-6-2,24-7-3)14-10-13-21-15(4)16-11-8-9-12-17(16)18(19)20/h8-9,11-12,15H,5-7,10,13-14H2,1-4H3. The van der Waals surface area contributed by atoms with Crippen LogP contribution in [0.4, 0.5) is 5.69 Å². The SMILES string of the molecule is CCO[Si](CCCOC(C)c1ccccc1[N+](=O)[O-])(OCC)OCC. The number of ether oxygens (including phenoxy) is 1. The Kier molecular flexibility index (Phi) is 9.84. The highest BCUT2D eigenvalue weighted by molar-refractivity contribution is 6.60. The summed E-state index contributed by atoms with van der Waals surface area (Å²) in [6.45, 7) is 9.67. The van der Waals surface area contributed by atoms with Gasteiger partial charge in [0.15, 0.2) is 0 Å². The first-order chi connectivity index (χ1) is 12.0. The van der Waals surface area contributed by atoms with Gasteiger partial charge in [0.2, 0.25) is 0 Å². The highest BCUT2D eigenvalue weighted by Gasteiger charge is 2.39. The van der Waals surface area contributed by atoms with Crippen molar-refractivity contribution in [1.82, 2.24) is 0 Å². The van der Waals surface area contributed by atoms with Crippen molar-refractivity contribution in [3.05, 3.63) is 39.9 Å². The number of rotatable bonds is 13. The molecular weight excluding hydrogens is 342 g/mol. The average molecular weight is 372 g/mol. The number of hydrogen-bond donors (Lipinski definition) is 0. The maximum Gasteiger partial charge on any atom is 0.501 e. The van der Waals surface area contributed by atoms with Gasteiger partial charge in [-0.25, -0.2) is 0 Å². The third-order valence-corrected chi connectivity index (χ3v) is 6.81. The van der Waals surface area contributed by atoms with Crippen molar-refractivity contribution >= 4 is 14.5 Å². The molecule has 0 fully saturated rings. The second-order valence-corrected chi connectivity index (χ2v) is 8.15. The molecule has 0 aliphatic rings. The van der Waals surface area contributed by atoms with Crippen molar-refractivity contribution in [1.29, 1.82) is 0 Å². The second-order valence-electron chi connectivity index (χ2n) is 5.41. The van der Waals surface area contributed by atoms with Crippen LogP contribution in [0.5, 0.6) is 0 Å². The third-order valence-electron chi connectivity index (χ3n) is 3.66. The molecule has 0 amide bonds. The fraction of sp³-hybridized carbons (Fsp3) is 0.647. The zero-order valence-electron chi connectivity index (χ0n) is 15.5. The molecule has 7 nitrogen and oxygen atoms in total. The summed E-state index contributed by atoms with van der Waals surface area (Å²) in [5, 5.41) is 11.1. The number of nitrogens with zero attached hydrogens (tertiary/aromatic N) is 1. The predicted octanol–water partition coefficient (Wildman–Crippen LogP) is 4.11. The summed E-state index contributed by atoms with van der Waals surface area (Å²) >= 11 is 0. The van der Waals surface area contributed by atoms with E-state index in [1.807, 2.05) is 27.7 Å². The van der Waals surface area contributed by atoms with Crippen molar-refractivity contribution in [3.63, 3.8) is 0 Å². The molecular formula is C17H29NO6Si. The molecule has 1 aromatic carbocycles. The van der Waals surface area contributed by atoms with Crippen LogP contribution in [0, 0.1) is 10.1 Å². The molecule has 0 aliphatic carbocycles. The van der Waals surface area contributed by atoms with Crippen LogP contribution in [0.15, 0.2) is 24.3 Å². The van der Waals surface area contributed by atoms with Crippen LogP contribution in [0.3, 0.4) is 0 Å². The Balaban J connectivity index is 2.59. The molecule has 1 unspecified atom stereocenters. The molecule has 1 aromatic rings. The Morgan fingerprint density at radius 2 is 1.64 bits per heavy atom. The van der Waals surface area contributed by atoms with Crippen molar-refractivity contribution in [2.24, 2.45) is 0 Å². The molecule has 142 valence electrons. The lowest BCUT2D eigenvalue weighted by atomic mass is 10.1. The van der Waals surface area contributed by atoms with E-state index >= 15 is 0 Å². The van der Waals surface area contributed by atoms with Crippen LogP contribution >= 0.6 is 0 Å². The van der Waals surface area contributed by atoms with E-state index in [0.717, 1.165) is 0 Å². The fourth-order valence-electron chi connectivity index (χ4n) is 2.64. The summed E-state index contributed by atoms with van der Waals surface area (Å²) in [5.74, 6) is 0. The van der Waals surface area contributed by atoms with Gasteiger partial charge < -0.3 is 18.0 Å². The van der Waals surface area contributed by atoms with E-state index in [-0.39, 0.29) is 16.7 Å². The average Bonchev–Trinajstić information content (AvgIpc) is 2.59.